The van der Waals surface area contributed by atoms with Gasteiger partial charge in [-0.05, 0) is 43.3 Å². The van der Waals surface area contributed by atoms with Crippen LogP contribution in [0.2, 0.25) is 0 Å². The van der Waals surface area contributed by atoms with Crippen LogP contribution in [-0.2, 0) is 0 Å². The molecule has 20 heavy (non-hydrogen) atoms. The van der Waals surface area contributed by atoms with Crippen LogP contribution < -0.4 is 0 Å². The van der Waals surface area contributed by atoms with Crippen molar-refractivity contribution in [3.05, 3.63) is 71.9 Å². The van der Waals surface area contributed by atoms with Crippen molar-refractivity contribution in [1.82, 2.24) is 0 Å². The van der Waals surface area contributed by atoms with Crippen molar-refractivity contribution in [1.29, 1.82) is 0 Å². The van der Waals surface area contributed by atoms with Gasteiger partial charge in [0.2, 0.25) is 0 Å². The van der Waals surface area contributed by atoms with Gasteiger partial charge < -0.3 is 0 Å². The molecule has 0 amide bonds. The predicted molar refractivity (Wildman–Crippen MR) is 89.6 cm³/mol. The zero-order valence-corrected chi connectivity index (χ0v) is 12.7. The summed E-state index contributed by atoms with van der Waals surface area (Å²) in [6.45, 7) is 10.1. The fourth-order valence-corrected chi connectivity index (χ4v) is 3.42. The maximum atomic E-state index is 3.90. The Labute approximate surface area is 124 Å². The SMILES string of the molecule is C=CCC1=C(C(CCC)C2=C(CC=C)C=CC2)CC=C1. The summed E-state index contributed by atoms with van der Waals surface area (Å²) in [5.41, 5.74) is 6.26. The Kier molecular flexibility index (Phi) is 5.40. The summed E-state index contributed by atoms with van der Waals surface area (Å²) in [6.07, 6.45) is 20.0. The van der Waals surface area contributed by atoms with E-state index in [0.717, 1.165) is 25.7 Å². The normalized spacial score (nSPS) is 17.7. The molecule has 0 aliphatic heterocycles. The van der Waals surface area contributed by atoms with E-state index in [9.17, 15) is 0 Å². The second kappa shape index (κ2) is 7.28. The standard InChI is InChI=1S/C20H26/c1-4-9-16-12-7-14-18(16)20(11-6-3)19-15-8-13-17(19)10-5-2/h4-5,7-8,12-13,20H,1-2,6,9-11,14-15H2,3H3. The van der Waals surface area contributed by atoms with Crippen molar-refractivity contribution in [2.75, 3.05) is 0 Å². The molecule has 0 unspecified atom stereocenters. The van der Waals surface area contributed by atoms with Crippen molar-refractivity contribution in [3.63, 3.8) is 0 Å². The maximum Gasteiger partial charge on any atom is 0.00249 e. The molecule has 2 aliphatic carbocycles. The molecule has 0 saturated heterocycles. The molecule has 0 saturated carbocycles. The Hall–Kier alpha value is -1.56. The van der Waals surface area contributed by atoms with Gasteiger partial charge >= 0.3 is 0 Å². The summed E-state index contributed by atoms with van der Waals surface area (Å²) in [6, 6.07) is 0. The van der Waals surface area contributed by atoms with E-state index < -0.39 is 0 Å². The maximum absolute atomic E-state index is 3.90. The van der Waals surface area contributed by atoms with Crippen LogP contribution in [0.5, 0.6) is 0 Å². The van der Waals surface area contributed by atoms with Gasteiger partial charge in [0.05, 0.1) is 0 Å². The Bertz CT molecular complexity index is 450. The second-order valence-corrected chi connectivity index (χ2v) is 5.64. The van der Waals surface area contributed by atoms with Crippen LogP contribution in [0.25, 0.3) is 0 Å². The number of allylic oxidation sites excluding steroid dienone is 10. The first-order chi connectivity index (χ1) is 9.81. The molecular weight excluding hydrogens is 240 g/mol. The average molecular weight is 266 g/mol. The fraction of sp³-hybridized carbons (Fsp3) is 0.400. The van der Waals surface area contributed by atoms with E-state index in [4.69, 9.17) is 0 Å². The Balaban J connectivity index is 2.32. The van der Waals surface area contributed by atoms with Gasteiger partial charge in [-0.25, -0.2) is 0 Å². The van der Waals surface area contributed by atoms with E-state index in [2.05, 4.69) is 44.4 Å². The van der Waals surface area contributed by atoms with E-state index in [0.29, 0.717) is 5.92 Å². The molecule has 0 heteroatoms. The van der Waals surface area contributed by atoms with Crippen molar-refractivity contribution >= 4 is 0 Å². The highest BCUT2D eigenvalue weighted by molar-refractivity contribution is 5.45. The largest absolute Gasteiger partial charge is 0.103 e. The van der Waals surface area contributed by atoms with Gasteiger partial charge in [0.25, 0.3) is 0 Å². The molecule has 0 N–H and O–H groups in total. The first-order valence-corrected chi connectivity index (χ1v) is 7.80. The van der Waals surface area contributed by atoms with Crippen LogP contribution in [0.1, 0.15) is 45.4 Å². The van der Waals surface area contributed by atoms with Crippen LogP contribution in [0, 0.1) is 5.92 Å². The van der Waals surface area contributed by atoms with Gasteiger partial charge in [0, 0.05) is 5.92 Å². The van der Waals surface area contributed by atoms with Crippen LogP contribution in [0.3, 0.4) is 0 Å². The minimum atomic E-state index is 0.620. The number of hydrogen-bond acceptors (Lipinski definition) is 0. The van der Waals surface area contributed by atoms with Gasteiger partial charge in [-0.3, -0.25) is 0 Å². The highest BCUT2D eigenvalue weighted by Gasteiger charge is 2.24. The molecule has 0 aromatic heterocycles. The van der Waals surface area contributed by atoms with E-state index in [-0.39, 0.29) is 0 Å². The minimum Gasteiger partial charge on any atom is -0.103 e. The first kappa shape index (κ1) is 14.8. The van der Waals surface area contributed by atoms with E-state index in [1.807, 2.05) is 12.2 Å². The summed E-state index contributed by atoms with van der Waals surface area (Å²) in [7, 11) is 0. The summed E-state index contributed by atoms with van der Waals surface area (Å²) in [5.74, 6) is 0.620. The van der Waals surface area contributed by atoms with E-state index in [1.54, 1.807) is 11.1 Å². The first-order valence-electron chi connectivity index (χ1n) is 7.80. The molecule has 0 bridgehead atoms. The number of hydrogen-bond donors (Lipinski definition) is 0. The Morgan fingerprint density at radius 1 is 1.00 bits per heavy atom. The molecule has 0 nitrogen and oxygen atoms in total. The monoisotopic (exact) mass is 266 g/mol. The smallest absolute Gasteiger partial charge is 0.00249 e. The van der Waals surface area contributed by atoms with Crippen LogP contribution >= 0.6 is 0 Å². The van der Waals surface area contributed by atoms with Gasteiger partial charge in [0.1, 0.15) is 0 Å². The third kappa shape index (κ3) is 3.12. The lowest BCUT2D eigenvalue weighted by molar-refractivity contribution is 0.602. The van der Waals surface area contributed by atoms with E-state index in [1.165, 1.54) is 24.0 Å². The third-order valence-corrected chi connectivity index (χ3v) is 4.29. The lowest BCUT2D eigenvalue weighted by atomic mass is 9.81. The predicted octanol–water partition coefficient (Wildman–Crippen LogP) is 6.07. The molecule has 2 aliphatic rings. The summed E-state index contributed by atoms with van der Waals surface area (Å²) in [5, 5.41) is 0. The average Bonchev–Trinajstić information content (AvgIpc) is 3.07. The quantitative estimate of drug-likeness (QED) is 0.468. The van der Waals surface area contributed by atoms with Gasteiger partial charge in [-0.15, -0.1) is 13.2 Å². The van der Waals surface area contributed by atoms with Crippen LogP contribution in [0.15, 0.2) is 71.9 Å². The highest BCUT2D eigenvalue weighted by Crippen LogP contribution is 2.40. The Morgan fingerprint density at radius 3 is 1.90 bits per heavy atom. The molecule has 0 spiro atoms. The summed E-state index contributed by atoms with van der Waals surface area (Å²) < 4.78 is 0. The lowest BCUT2D eigenvalue weighted by Crippen LogP contribution is -2.09. The van der Waals surface area contributed by atoms with Crippen molar-refractivity contribution < 1.29 is 0 Å². The van der Waals surface area contributed by atoms with Crippen molar-refractivity contribution in [2.24, 2.45) is 5.92 Å². The Morgan fingerprint density at radius 2 is 1.50 bits per heavy atom. The van der Waals surface area contributed by atoms with Crippen LogP contribution in [-0.4, -0.2) is 0 Å². The second-order valence-electron chi connectivity index (χ2n) is 5.64. The molecule has 0 aromatic carbocycles. The molecule has 0 fully saturated rings. The zero-order chi connectivity index (χ0) is 14.4. The molecule has 0 radical (unpaired) electrons. The number of rotatable bonds is 8. The molecular formula is C20H26. The zero-order valence-electron chi connectivity index (χ0n) is 12.7. The molecule has 0 aromatic rings. The van der Waals surface area contributed by atoms with Gasteiger partial charge in [-0.1, -0.05) is 60.9 Å². The molecule has 106 valence electrons. The summed E-state index contributed by atoms with van der Waals surface area (Å²) >= 11 is 0. The molecule has 2 rings (SSSR count). The minimum absolute atomic E-state index is 0.620. The topological polar surface area (TPSA) is 0 Å². The summed E-state index contributed by atoms with van der Waals surface area (Å²) in [4.78, 5) is 0. The van der Waals surface area contributed by atoms with Crippen molar-refractivity contribution in [2.45, 2.75) is 45.4 Å². The highest BCUT2D eigenvalue weighted by atomic mass is 14.3. The lowest BCUT2D eigenvalue weighted by Gasteiger charge is -2.23. The molecule has 0 atom stereocenters. The van der Waals surface area contributed by atoms with E-state index >= 15 is 0 Å². The van der Waals surface area contributed by atoms with Crippen molar-refractivity contribution in [3.8, 4) is 0 Å². The van der Waals surface area contributed by atoms with Gasteiger partial charge in [-0.2, -0.15) is 0 Å². The van der Waals surface area contributed by atoms with Gasteiger partial charge in [0.15, 0.2) is 0 Å². The molecule has 0 heterocycles. The third-order valence-electron chi connectivity index (χ3n) is 4.29. The fourth-order valence-electron chi connectivity index (χ4n) is 3.42. The van der Waals surface area contributed by atoms with Crippen LogP contribution in [0.4, 0.5) is 0 Å².